The maximum atomic E-state index is 13.6. The number of esters is 1. The minimum atomic E-state index is -4.62. The Bertz CT molecular complexity index is 1830. The third-order valence-electron chi connectivity index (χ3n) is 7.58. The Hall–Kier alpha value is -4.74. The molecule has 0 radical (unpaired) electrons. The SMILES string of the molecule is COC(=O)C1=C(C)N(c2cccc(C(F)(F)F)c2)c2n[nH]c(=O)n2[C@@H]1c1ccc(C#N)cc1CC[N+](C)(C)Cc1nccs1. The summed E-state index contributed by atoms with van der Waals surface area (Å²) in [5.74, 6) is -0.766. The van der Waals surface area contributed by atoms with E-state index in [-0.39, 0.29) is 22.9 Å². The van der Waals surface area contributed by atoms with Crippen molar-refractivity contribution in [3.63, 3.8) is 0 Å². The summed E-state index contributed by atoms with van der Waals surface area (Å²) >= 11 is 1.56. The molecule has 0 saturated carbocycles. The Labute approximate surface area is 254 Å². The van der Waals surface area contributed by atoms with Gasteiger partial charge in [0, 0.05) is 29.4 Å². The third-order valence-corrected chi connectivity index (χ3v) is 8.34. The number of allylic oxidation sites excluding steroid dienone is 1. The molecular weight excluding hydrogens is 595 g/mol. The highest BCUT2D eigenvalue weighted by molar-refractivity contribution is 7.09. The normalized spacial score (nSPS) is 15.2. The number of halogens is 3. The van der Waals surface area contributed by atoms with Crippen molar-refractivity contribution in [2.75, 3.05) is 32.6 Å². The van der Waals surface area contributed by atoms with Gasteiger partial charge in [-0.05, 0) is 48.4 Å². The van der Waals surface area contributed by atoms with Crippen LogP contribution in [0.4, 0.5) is 24.8 Å². The van der Waals surface area contributed by atoms with E-state index < -0.39 is 29.4 Å². The third kappa shape index (κ3) is 5.88. The van der Waals surface area contributed by atoms with Gasteiger partial charge in [0.2, 0.25) is 5.95 Å². The van der Waals surface area contributed by atoms with E-state index in [4.69, 9.17) is 4.74 Å². The Balaban J connectivity index is 1.66. The summed E-state index contributed by atoms with van der Waals surface area (Å²) in [6.07, 6.45) is -2.39. The van der Waals surface area contributed by atoms with Gasteiger partial charge in [-0.25, -0.2) is 24.2 Å². The van der Waals surface area contributed by atoms with Crippen LogP contribution >= 0.6 is 11.3 Å². The number of nitriles is 1. The molecular formula is C30H29F3N7O3S+. The molecule has 2 aromatic heterocycles. The van der Waals surface area contributed by atoms with Gasteiger partial charge < -0.3 is 9.22 Å². The molecule has 0 spiro atoms. The van der Waals surface area contributed by atoms with E-state index in [1.165, 1.54) is 28.7 Å². The lowest BCUT2D eigenvalue weighted by Gasteiger charge is -2.36. The summed E-state index contributed by atoms with van der Waals surface area (Å²) in [5, 5.41) is 19.1. The summed E-state index contributed by atoms with van der Waals surface area (Å²) in [5.41, 5.74) is 0.444. The number of thiazole rings is 1. The Morgan fingerprint density at radius 2 is 2.00 bits per heavy atom. The molecule has 1 atom stereocenters. The minimum absolute atomic E-state index is 0.000307. The number of nitrogens with one attached hydrogen (secondary N) is 1. The fraction of sp³-hybridized carbons (Fsp3) is 0.300. The lowest BCUT2D eigenvalue weighted by atomic mass is 9.89. The Kier molecular flexibility index (Phi) is 8.19. The highest BCUT2D eigenvalue weighted by atomic mass is 32.1. The van der Waals surface area contributed by atoms with Crippen molar-refractivity contribution in [3.8, 4) is 6.07 Å². The molecule has 2 aromatic carbocycles. The quantitative estimate of drug-likeness (QED) is 0.218. The van der Waals surface area contributed by atoms with Crippen LogP contribution in [0, 0.1) is 11.3 Å². The molecule has 5 rings (SSSR count). The van der Waals surface area contributed by atoms with Crippen LogP contribution in [0.25, 0.3) is 0 Å². The number of anilines is 2. The number of benzene rings is 2. The maximum Gasteiger partial charge on any atom is 0.416 e. The molecule has 228 valence electrons. The highest BCUT2D eigenvalue weighted by Gasteiger charge is 2.41. The molecule has 14 heteroatoms. The average Bonchev–Trinajstić information content (AvgIpc) is 3.63. The fourth-order valence-electron chi connectivity index (χ4n) is 5.44. The summed E-state index contributed by atoms with van der Waals surface area (Å²) in [6.45, 7) is 2.88. The van der Waals surface area contributed by atoms with Crippen molar-refractivity contribution in [1.82, 2.24) is 19.7 Å². The van der Waals surface area contributed by atoms with Crippen molar-refractivity contribution >= 4 is 28.9 Å². The summed E-state index contributed by atoms with van der Waals surface area (Å²) in [7, 11) is 5.32. The van der Waals surface area contributed by atoms with Crippen LogP contribution in [0.2, 0.25) is 0 Å². The van der Waals surface area contributed by atoms with Crippen molar-refractivity contribution in [2.24, 2.45) is 0 Å². The van der Waals surface area contributed by atoms with E-state index in [9.17, 15) is 28.0 Å². The lowest BCUT2D eigenvalue weighted by molar-refractivity contribution is -0.903. The zero-order valence-corrected chi connectivity index (χ0v) is 25.2. The standard InChI is InChI=1S/C30H28F3N7O3S/c1-18-25(27(41)43-4)26(39-28(36-37-29(39)42)38(18)22-7-5-6-21(15-22)30(31,32)33)23-9-8-19(16-34)14-20(23)10-12-40(2,3)17-24-35-11-13-44-24/h5-9,11,13-15,26H,10,12,17H2,1-4H3/p+1/t26-/m1/s1. The van der Waals surface area contributed by atoms with Crippen LogP contribution in [-0.4, -0.2) is 58.0 Å². The smallest absolute Gasteiger partial charge is 0.416 e. The molecule has 0 saturated heterocycles. The molecule has 0 fully saturated rings. The molecule has 1 aliphatic rings. The fourth-order valence-corrected chi connectivity index (χ4v) is 6.26. The van der Waals surface area contributed by atoms with E-state index in [2.05, 4.69) is 35.3 Å². The summed E-state index contributed by atoms with van der Waals surface area (Å²) < 4.78 is 47.9. The number of rotatable bonds is 8. The summed E-state index contributed by atoms with van der Waals surface area (Å²) in [4.78, 5) is 32.5. The Morgan fingerprint density at radius 3 is 2.66 bits per heavy atom. The van der Waals surface area contributed by atoms with Crippen molar-refractivity contribution in [3.05, 3.63) is 103 Å². The molecule has 0 amide bonds. The van der Waals surface area contributed by atoms with E-state index in [0.29, 0.717) is 35.1 Å². The van der Waals surface area contributed by atoms with E-state index >= 15 is 0 Å². The number of likely N-dealkylation sites (N-methyl/N-ethyl adjacent to an activating group) is 1. The first-order valence-electron chi connectivity index (χ1n) is 13.5. The topological polar surface area (TPSA) is 117 Å². The number of aromatic nitrogens is 4. The van der Waals surface area contributed by atoms with Crippen LogP contribution in [0.3, 0.4) is 0 Å². The molecule has 1 aliphatic heterocycles. The number of carbonyl (C=O) groups is 1. The highest BCUT2D eigenvalue weighted by Crippen LogP contribution is 2.43. The molecule has 0 unspecified atom stereocenters. The second-order valence-corrected chi connectivity index (χ2v) is 12.0. The van der Waals surface area contributed by atoms with Crippen LogP contribution in [0.1, 0.15) is 40.2 Å². The van der Waals surface area contributed by atoms with Gasteiger partial charge in [0.1, 0.15) is 17.6 Å². The van der Waals surface area contributed by atoms with Gasteiger partial charge in [0.05, 0.1) is 50.5 Å². The second-order valence-electron chi connectivity index (χ2n) is 11.0. The minimum Gasteiger partial charge on any atom is -0.466 e. The van der Waals surface area contributed by atoms with E-state index in [0.717, 1.165) is 22.7 Å². The predicted molar refractivity (Wildman–Crippen MR) is 157 cm³/mol. The van der Waals surface area contributed by atoms with Gasteiger partial charge in [0.25, 0.3) is 0 Å². The van der Waals surface area contributed by atoms with Crippen molar-refractivity contribution in [2.45, 2.75) is 32.1 Å². The first-order valence-corrected chi connectivity index (χ1v) is 14.4. The predicted octanol–water partition coefficient (Wildman–Crippen LogP) is 4.93. The number of hydrogen-bond acceptors (Lipinski definition) is 8. The lowest BCUT2D eigenvalue weighted by Crippen LogP contribution is -2.41. The number of quaternary nitrogens is 1. The van der Waals surface area contributed by atoms with Gasteiger partial charge in [-0.1, -0.05) is 12.1 Å². The Morgan fingerprint density at radius 1 is 1.23 bits per heavy atom. The van der Waals surface area contributed by atoms with Gasteiger partial charge in [0.15, 0.2) is 0 Å². The molecule has 1 N–H and O–H groups in total. The van der Waals surface area contributed by atoms with Crippen molar-refractivity contribution < 1.29 is 27.2 Å². The second kappa shape index (κ2) is 11.7. The number of fused-ring (bicyclic) bond motifs is 1. The van der Waals surface area contributed by atoms with Crippen LogP contribution in [0.5, 0.6) is 0 Å². The average molecular weight is 625 g/mol. The van der Waals surface area contributed by atoms with Crippen LogP contribution in [-0.2, 0) is 28.7 Å². The number of aromatic amines is 1. The number of carbonyl (C=O) groups excluding carboxylic acids is 1. The van der Waals surface area contributed by atoms with E-state index in [1.54, 1.807) is 42.7 Å². The number of H-pyrrole nitrogens is 1. The zero-order chi connectivity index (χ0) is 31.8. The number of methoxy groups -OCH3 is 1. The van der Waals surface area contributed by atoms with Gasteiger partial charge >= 0.3 is 17.8 Å². The number of nitrogens with zero attached hydrogens (tertiary/aromatic N) is 6. The van der Waals surface area contributed by atoms with Gasteiger partial charge in [-0.3, -0.25) is 4.90 Å². The van der Waals surface area contributed by atoms with Gasteiger partial charge in [-0.2, -0.15) is 18.4 Å². The first kappa shape index (κ1) is 30.7. The van der Waals surface area contributed by atoms with Crippen LogP contribution < -0.4 is 10.6 Å². The van der Waals surface area contributed by atoms with Crippen LogP contribution in [0.15, 0.2) is 70.1 Å². The summed E-state index contributed by atoms with van der Waals surface area (Å²) in [6, 6.07) is 10.7. The number of hydrogen-bond donors (Lipinski definition) is 1. The molecule has 4 aromatic rings. The number of ether oxygens (including phenoxy) is 1. The monoisotopic (exact) mass is 624 g/mol. The number of alkyl halides is 3. The molecule has 0 aliphatic carbocycles. The molecule has 0 bridgehead atoms. The molecule has 44 heavy (non-hydrogen) atoms. The van der Waals surface area contributed by atoms with E-state index in [1.807, 2.05) is 5.38 Å². The largest absolute Gasteiger partial charge is 0.466 e. The first-order chi connectivity index (χ1) is 20.8. The zero-order valence-electron chi connectivity index (χ0n) is 24.3. The molecule has 3 heterocycles. The van der Waals surface area contributed by atoms with Gasteiger partial charge in [-0.15, -0.1) is 16.4 Å². The van der Waals surface area contributed by atoms with Crippen molar-refractivity contribution in [1.29, 1.82) is 5.26 Å². The molecule has 10 nitrogen and oxygen atoms in total. The maximum absolute atomic E-state index is 13.6.